The van der Waals surface area contributed by atoms with E-state index in [1.165, 1.54) is 83.0 Å². The van der Waals surface area contributed by atoms with Crippen molar-refractivity contribution in [1.82, 2.24) is 5.32 Å². The van der Waals surface area contributed by atoms with Gasteiger partial charge in [0.15, 0.2) is 0 Å². The van der Waals surface area contributed by atoms with Crippen LogP contribution < -0.4 is 10.2 Å². The molecule has 33 heavy (non-hydrogen) atoms. The largest absolute Gasteiger partial charge is 0.478 e. The molecule has 6 nitrogen and oxygen atoms in total. The number of nitrogens with zero attached hydrogens (tertiary/aromatic N) is 1. The first-order valence-electron chi connectivity index (χ1n) is 12.6. The number of rotatable bonds is 11. The predicted molar refractivity (Wildman–Crippen MR) is 134 cm³/mol. The van der Waals surface area contributed by atoms with E-state index < -0.39 is 11.9 Å². The number of carboxylic acids is 2. The predicted octanol–water partition coefficient (Wildman–Crippen LogP) is 5.49. The molecule has 1 spiro atoms. The van der Waals surface area contributed by atoms with E-state index in [0.29, 0.717) is 17.7 Å². The summed E-state index contributed by atoms with van der Waals surface area (Å²) in [6.07, 6.45) is 15.0. The summed E-state index contributed by atoms with van der Waals surface area (Å²) in [7, 11) is 0. The fourth-order valence-electron chi connectivity index (χ4n) is 5.25. The molecule has 0 radical (unpaired) electrons. The Labute approximate surface area is 199 Å². The molecule has 2 aliphatic heterocycles. The van der Waals surface area contributed by atoms with Gasteiger partial charge in [-0.2, -0.15) is 0 Å². The van der Waals surface area contributed by atoms with Crippen molar-refractivity contribution in [1.29, 1.82) is 0 Å². The molecular weight excluding hydrogens is 416 g/mol. The van der Waals surface area contributed by atoms with Crippen molar-refractivity contribution in [2.24, 2.45) is 5.92 Å². The zero-order chi connectivity index (χ0) is 24.1. The molecule has 3 rings (SSSR count). The molecule has 1 aromatic carbocycles. The normalized spacial score (nSPS) is 20.1. The van der Waals surface area contributed by atoms with E-state index >= 15 is 0 Å². The van der Waals surface area contributed by atoms with Crippen LogP contribution in [0.3, 0.4) is 0 Å². The van der Waals surface area contributed by atoms with Crippen LogP contribution in [-0.2, 0) is 9.59 Å². The molecule has 2 atom stereocenters. The summed E-state index contributed by atoms with van der Waals surface area (Å²) in [4.78, 5) is 21.9. The van der Waals surface area contributed by atoms with Crippen LogP contribution in [0.25, 0.3) is 0 Å². The average Bonchev–Trinajstić information content (AvgIpc) is 2.80. The molecule has 0 saturated carbocycles. The number of unbranched alkanes of at least 4 members (excludes halogenated alkanes) is 5. The lowest BCUT2D eigenvalue weighted by Crippen LogP contribution is -2.70. The van der Waals surface area contributed by atoms with Crippen LogP contribution >= 0.6 is 0 Å². The molecule has 0 bridgehead atoms. The Hall–Kier alpha value is -2.34. The van der Waals surface area contributed by atoms with Crippen LogP contribution in [0.15, 0.2) is 42.5 Å². The van der Waals surface area contributed by atoms with Gasteiger partial charge in [-0.1, -0.05) is 70.6 Å². The van der Waals surface area contributed by atoms with Gasteiger partial charge in [-0.15, -0.1) is 0 Å². The van der Waals surface area contributed by atoms with E-state index in [1.54, 1.807) is 0 Å². The summed E-state index contributed by atoms with van der Waals surface area (Å²) in [5.41, 5.74) is 1.89. The molecule has 0 aliphatic carbocycles. The second-order valence-corrected chi connectivity index (χ2v) is 9.49. The first-order chi connectivity index (χ1) is 15.9. The lowest BCUT2D eigenvalue weighted by Gasteiger charge is -2.63. The number of carbonyl (C=O) groups is 2. The van der Waals surface area contributed by atoms with Gasteiger partial charge in [0.05, 0.1) is 0 Å². The Morgan fingerprint density at radius 3 is 2.18 bits per heavy atom. The van der Waals surface area contributed by atoms with Gasteiger partial charge in [-0.3, -0.25) is 0 Å². The monoisotopic (exact) mass is 458 g/mol. The van der Waals surface area contributed by atoms with Gasteiger partial charge >= 0.3 is 11.9 Å². The summed E-state index contributed by atoms with van der Waals surface area (Å²) in [6.45, 7) is 7.16. The van der Waals surface area contributed by atoms with E-state index in [0.717, 1.165) is 12.0 Å². The standard InChI is InChI=1S/C23H38N2.C4H4O4/c1-3-4-5-6-7-9-12-20(2)22-19-23(15-17-24-18-16-23)25(22)21-13-10-8-11-14-21;5-3(6)1-2-4(7)8/h8,10-11,13-14,20,22,24H,3-7,9,12,15-19H2,1-2H3;1-2H,(H,5,6)(H,7,8). The smallest absolute Gasteiger partial charge is 0.328 e. The molecule has 2 unspecified atom stereocenters. The third kappa shape index (κ3) is 8.50. The van der Waals surface area contributed by atoms with Crippen LogP contribution in [-0.4, -0.2) is 46.8 Å². The highest BCUT2D eigenvalue weighted by atomic mass is 16.4. The van der Waals surface area contributed by atoms with E-state index in [-0.39, 0.29) is 0 Å². The number of benzene rings is 1. The van der Waals surface area contributed by atoms with Crippen molar-refractivity contribution in [3.63, 3.8) is 0 Å². The maximum absolute atomic E-state index is 9.55. The minimum Gasteiger partial charge on any atom is -0.478 e. The van der Waals surface area contributed by atoms with Crippen LogP contribution in [0.2, 0.25) is 0 Å². The summed E-state index contributed by atoms with van der Waals surface area (Å²) in [6, 6.07) is 12.0. The van der Waals surface area contributed by atoms with Crippen molar-refractivity contribution in [2.45, 2.75) is 89.6 Å². The third-order valence-electron chi connectivity index (χ3n) is 7.04. The fourth-order valence-corrected chi connectivity index (χ4v) is 5.25. The highest BCUT2D eigenvalue weighted by Gasteiger charge is 2.52. The molecule has 184 valence electrons. The Morgan fingerprint density at radius 1 is 1.03 bits per heavy atom. The molecule has 2 saturated heterocycles. The first kappa shape index (κ1) is 26.9. The highest BCUT2D eigenvalue weighted by Crippen LogP contribution is 2.49. The Kier molecular flexibility index (Phi) is 11.4. The van der Waals surface area contributed by atoms with Crippen molar-refractivity contribution in [2.75, 3.05) is 18.0 Å². The van der Waals surface area contributed by atoms with Crippen LogP contribution in [0.5, 0.6) is 0 Å². The molecular formula is C27H42N2O4. The average molecular weight is 459 g/mol. The Bertz CT molecular complexity index is 728. The van der Waals surface area contributed by atoms with Gasteiger partial charge in [0.1, 0.15) is 0 Å². The third-order valence-corrected chi connectivity index (χ3v) is 7.04. The van der Waals surface area contributed by atoms with Crippen molar-refractivity contribution >= 4 is 17.6 Å². The number of aliphatic carboxylic acids is 2. The minimum absolute atomic E-state index is 0.437. The lowest BCUT2D eigenvalue weighted by molar-refractivity contribution is -0.134. The quantitative estimate of drug-likeness (QED) is 0.300. The molecule has 0 aromatic heterocycles. The fraction of sp³-hybridized carbons (Fsp3) is 0.630. The second kappa shape index (κ2) is 14.0. The molecule has 2 fully saturated rings. The number of hydrogen-bond donors (Lipinski definition) is 3. The number of anilines is 1. The number of nitrogens with one attached hydrogen (secondary N) is 1. The minimum atomic E-state index is -1.26. The van der Waals surface area contributed by atoms with Gasteiger partial charge in [0.25, 0.3) is 0 Å². The molecule has 2 heterocycles. The zero-order valence-corrected chi connectivity index (χ0v) is 20.3. The Balaban J connectivity index is 0.000000414. The Morgan fingerprint density at radius 2 is 1.61 bits per heavy atom. The van der Waals surface area contributed by atoms with E-state index in [1.807, 2.05) is 0 Å². The van der Waals surface area contributed by atoms with Gasteiger partial charge < -0.3 is 20.4 Å². The highest BCUT2D eigenvalue weighted by molar-refractivity contribution is 5.89. The van der Waals surface area contributed by atoms with Crippen LogP contribution in [0.4, 0.5) is 5.69 Å². The van der Waals surface area contributed by atoms with Gasteiger partial charge in [0, 0.05) is 29.4 Å². The summed E-state index contributed by atoms with van der Waals surface area (Å²) in [5, 5.41) is 19.2. The topological polar surface area (TPSA) is 89.9 Å². The van der Waals surface area contributed by atoms with E-state index in [4.69, 9.17) is 10.2 Å². The molecule has 3 N–H and O–H groups in total. The summed E-state index contributed by atoms with van der Waals surface area (Å²) in [5.74, 6) is -1.70. The SMILES string of the molecule is CCCCCCCCC(C)C1CC2(CCNCC2)N1c1ccccc1.O=C(O)C=CC(=O)O. The van der Waals surface area contributed by atoms with Gasteiger partial charge in [-0.25, -0.2) is 9.59 Å². The van der Waals surface area contributed by atoms with E-state index in [2.05, 4.69) is 54.4 Å². The van der Waals surface area contributed by atoms with Gasteiger partial charge in [-0.05, 0) is 56.8 Å². The number of para-hydroxylation sites is 1. The number of piperidine rings is 1. The molecule has 1 aromatic rings. The maximum Gasteiger partial charge on any atom is 0.328 e. The van der Waals surface area contributed by atoms with Gasteiger partial charge in [0.2, 0.25) is 0 Å². The van der Waals surface area contributed by atoms with Crippen molar-refractivity contribution in [3.8, 4) is 0 Å². The maximum atomic E-state index is 9.55. The summed E-state index contributed by atoms with van der Waals surface area (Å²) < 4.78 is 0. The van der Waals surface area contributed by atoms with Crippen LogP contribution in [0, 0.1) is 5.92 Å². The van der Waals surface area contributed by atoms with Crippen LogP contribution in [0.1, 0.15) is 78.1 Å². The number of carboxylic acid groups (broad SMARTS) is 2. The first-order valence-corrected chi connectivity index (χ1v) is 12.6. The second-order valence-electron chi connectivity index (χ2n) is 9.49. The summed E-state index contributed by atoms with van der Waals surface area (Å²) >= 11 is 0. The zero-order valence-electron chi connectivity index (χ0n) is 20.3. The number of hydrogen-bond acceptors (Lipinski definition) is 4. The van der Waals surface area contributed by atoms with E-state index in [9.17, 15) is 9.59 Å². The lowest BCUT2D eigenvalue weighted by atomic mass is 9.67. The van der Waals surface area contributed by atoms with Crippen molar-refractivity contribution < 1.29 is 19.8 Å². The molecule has 6 heteroatoms. The van der Waals surface area contributed by atoms with Crippen molar-refractivity contribution in [3.05, 3.63) is 42.5 Å². The molecule has 2 aliphatic rings. The molecule has 0 amide bonds.